The quantitative estimate of drug-likeness (QED) is 0.901. The van der Waals surface area contributed by atoms with E-state index in [9.17, 15) is 22.8 Å². The first kappa shape index (κ1) is 16.9. The average molecular weight is 329 g/mol. The van der Waals surface area contributed by atoms with Crippen molar-refractivity contribution in [2.24, 2.45) is 0 Å². The second kappa shape index (κ2) is 6.37. The van der Waals surface area contributed by atoms with E-state index in [1.807, 2.05) is 0 Å². The van der Waals surface area contributed by atoms with Gasteiger partial charge in [0, 0.05) is 12.3 Å². The van der Waals surface area contributed by atoms with Crippen LogP contribution in [-0.2, 0) is 15.7 Å². The summed E-state index contributed by atoms with van der Waals surface area (Å²) in [6.45, 7) is 3.66. The Hall–Kier alpha value is -2.42. The number of nitrogens with zero attached hydrogens (tertiary/aromatic N) is 1. The number of hydrogen-bond acceptors (Lipinski definition) is 4. The predicted octanol–water partition coefficient (Wildman–Crippen LogP) is 2.31. The minimum Gasteiger partial charge on any atom is -0.369 e. The van der Waals surface area contributed by atoms with E-state index in [4.69, 9.17) is 4.74 Å². The normalized spacial score (nSPS) is 13.1. The smallest absolute Gasteiger partial charge is 0.369 e. The van der Waals surface area contributed by atoms with Crippen molar-refractivity contribution in [1.29, 1.82) is 0 Å². The van der Waals surface area contributed by atoms with Gasteiger partial charge in [0.2, 0.25) is 5.82 Å². The molecule has 124 valence electrons. The number of rotatable bonds is 4. The summed E-state index contributed by atoms with van der Waals surface area (Å²) in [6, 6.07) is 3.87. The molecule has 0 aliphatic carbocycles. The van der Waals surface area contributed by atoms with Gasteiger partial charge in [-0.05, 0) is 32.0 Å². The fourth-order valence-corrected chi connectivity index (χ4v) is 1.92. The number of alkyl halides is 3. The number of anilines is 1. The molecule has 2 N–H and O–H groups in total. The predicted molar refractivity (Wildman–Crippen MR) is 77.1 cm³/mol. The number of aromatic nitrogens is 2. The Kier molecular flexibility index (Phi) is 4.69. The van der Waals surface area contributed by atoms with Gasteiger partial charge in [-0.2, -0.15) is 13.2 Å². The lowest BCUT2D eigenvalue weighted by Gasteiger charge is -2.12. The van der Waals surface area contributed by atoms with Gasteiger partial charge in [-0.25, -0.2) is 4.98 Å². The van der Waals surface area contributed by atoms with Crippen molar-refractivity contribution in [1.82, 2.24) is 9.97 Å². The molecule has 1 aromatic heterocycles. The summed E-state index contributed by atoms with van der Waals surface area (Å²) in [5.41, 5.74) is -0.783. The van der Waals surface area contributed by atoms with Crippen molar-refractivity contribution in [2.45, 2.75) is 26.1 Å². The van der Waals surface area contributed by atoms with E-state index in [2.05, 4.69) is 10.3 Å². The maximum absolute atomic E-state index is 12.6. The highest BCUT2D eigenvalue weighted by Gasteiger charge is 2.34. The fourth-order valence-electron chi connectivity index (χ4n) is 1.92. The first-order chi connectivity index (χ1) is 10.7. The number of carbonyl (C=O) groups is 1. The molecule has 2 aromatic rings. The molecule has 0 saturated heterocycles. The maximum atomic E-state index is 12.6. The Morgan fingerprint density at radius 1 is 1.43 bits per heavy atom. The van der Waals surface area contributed by atoms with Crippen molar-refractivity contribution in [2.75, 3.05) is 11.9 Å². The van der Waals surface area contributed by atoms with Crippen LogP contribution in [0.4, 0.5) is 18.9 Å². The van der Waals surface area contributed by atoms with Crippen LogP contribution in [0.1, 0.15) is 19.7 Å². The van der Waals surface area contributed by atoms with Gasteiger partial charge in [-0.1, -0.05) is 0 Å². The van der Waals surface area contributed by atoms with Crippen LogP contribution >= 0.6 is 0 Å². The van der Waals surface area contributed by atoms with Gasteiger partial charge in [-0.3, -0.25) is 9.59 Å². The van der Waals surface area contributed by atoms with Gasteiger partial charge in [0.25, 0.3) is 11.5 Å². The largest absolute Gasteiger partial charge is 0.449 e. The molecular formula is C14H14F3N3O3. The fraction of sp³-hybridized carbons (Fsp3) is 0.357. The van der Waals surface area contributed by atoms with E-state index < -0.39 is 29.6 Å². The highest BCUT2D eigenvalue weighted by atomic mass is 19.4. The highest BCUT2D eigenvalue weighted by molar-refractivity contribution is 5.95. The number of aromatic amines is 1. The van der Waals surface area contributed by atoms with Gasteiger partial charge in [0.05, 0.1) is 10.9 Å². The Balaban J connectivity index is 2.35. The number of fused-ring (bicyclic) bond motifs is 1. The molecule has 1 atom stereocenters. The lowest BCUT2D eigenvalue weighted by atomic mass is 10.2. The molecule has 1 amide bonds. The number of H-pyrrole nitrogens is 1. The van der Waals surface area contributed by atoms with Crippen molar-refractivity contribution in [3.05, 3.63) is 34.4 Å². The second-order valence-corrected chi connectivity index (χ2v) is 4.73. The third kappa shape index (κ3) is 3.86. The number of halogens is 3. The van der Waals surface area contributed by atoms with E-state index in [0.29, 0.717) is 6.61 Å². The molecule has 0 aliphatic rings. The summed E-state index contributed by atoms with van der Waals surface area (Å²) in [5.74, 6) is -1.79. The van der Waals surface area contributed by atoms with Gasteiger partial charge >= 0.3 is 6.18 Å². The lowest BCUT2D eigenvalue weighted by molar-refractivity contribution is -0.144. The standard InChI is InChI=1S/C14H14F3N3O3/c1-3-23-7(2)11(21)18-8-4-5-10-9(6-8)12(22)20-13(19-10)14(15,16)17/h4-7H,3H2,1-2H3,(H,18,21)(H,19,20,22). The second-order valence-electron chi connectivity index (χ2n) is 4.73. The van der Waals surface area contributed by atoms with Crippen LogP contribution in [0.15, 0.2) is 23.0 Å². The molecule has 0 saturated carbocycles. The summed E-state index contributed by atoms with van der Waals surface area (Å²) >= 11 is 0. The molecule has 0 aliphatic heterocycles. The molecule has 0 bridgehead atoms. The zero-order valence-electron chi connectivity index (χ0n) is 12.3. The van der Waals surface area contributed by atoms with Gasteiger partial charge in [0.15, 0.2) is 0 Å². The molecule has 1 unspecified atom stereocenters. The Morgan fingerprint density at radius 2 is 2.13 bits per heavy atom. The van der Waals surface area contributed by atoms with Crippen LogP contribution in [0.2, 0.25) is 0 Å². The summed E-state index contributed by atoms with van der Waals surface area (Å²) in [5, 5.41) is 2.47. The van der Waals surface area contributed by atoms with E-state index in [1.165, 1.54) is 18.2 Å². The van der Waals surface area contributed by atoms with E-state index in [-0.39, 0.29) is 16.6 Å². The molecule has 0 radical (unpaired) electrons. The molecule has 1 aromatic carbocycles. The van der Waals surface area contributed by atoms with Crippen LogP contribution in [-0.4, -0.2) is 28.6 Å². The third-order valence-corrected chi connectivity index (χ3v) is 3.03. The highest BCUT2D eigenvalue weighted by Crippen LogP contribution is 2.26. The SMILES string of the molecule is CCOC(C)C(=O)Nc1ccc2nc(C(F)(F)F)[nH]c(=O)c2c1. The molecule has 0 spiro atoms. The van der Waals surface area contributed by atoms with Gasteiger partial charge < -0.3 is 15.0 Å². The van der Waals surface area contributed by atoms with E-state index >= 15 is 0 Å². The monoisotopic (exact) mass is 329 g/mol. The third-order valence-electron chi connectivity index (χ3n) is 3.03. The summed E-state index contributed by atoms with van der Waals surface area (Å²) < 4.78 is 42.9. The minimum atomic E-state index is -4.74. The molecule has 2 rings (SSSR count). The van der Waals surface area contributed by atoms with Gasteiger partial charge in [0.1, 0.15) is 6.10 Å². The van der Waals surface area contributed by atoms with E-state index in [1.54, 1.807) is 18.8 Å². The minimum absolute atomic E-state index is 0.0557. The van der Waals surface area contributed by atoms with Crippen molar-refractivity contribution >= 4 is 22.5 Å². The zero-order chi connectivity index (χ0) is 17.2. The maximum Gasteiger partial charge on any atom is 0.449 e. The number of ether oxygens (including phenoxy) is 1. The molecule has 1 heterocycles. The Labute approximate surface area is 128 Å². The van der Waals surface area contributed by atoms with Gasteiger partial charge in [-0.15, -0.1) is 0 Å². The van der Waals surface area contributed by atoms with Crippen LogP contribution in [0, 0.1) is 0 Å². The summed E-state index contributed by atoms with van der Waals surface area (Å²) in [4.78, 5) is 28.7. The first-order valence-electron chi connectivity index (χ1n) is 6.76. The lowest BCUT2D eigenvalue weighted by Crippen LogP contribution is -2.27. The summed E-state index contributed by atoms with van der Waals surface area (Å²) in [6.07, 6.45) is -5.44. The molecule has 0 fully saturated rings. The topological polar surface area (TPSA) is 84.1 Å². The molecule has 6 nitrogen and oxygen atoms in total. The van der Waals surface area contributed by atoms with Crippen LogP contribution in [0.25, 0.3) is 10.9 Å². The van der Waals surface area contributed by atoms with Crippen molar-refractivity contribution < 1.29 is 22.7 Å². The number of nitrogens with one attached hydrogen (secondary N) is 2. The van der Waals surface area contributed by atoms with E-state index in [0.717, 1.165) is 0 Å². The summed E-state index contributed by atoms with van der Waals surface area (Å²) in [7, 11) is 0. The molecule has 9 heteroatoms. The number of hydrogen-bond donors (Lipinski definition) is 2. The van der Waals surface area contributed by atoms with Crippen LogP contribution in [0.3, 0.4) is 0 Å². The van der Waals surface area contributed by atoms with Crippen LogP contribution < -0.4 is 10.9 Å². The number of benzene rings is 1. The van der Waals surface area contributed by atoms with Crippen LogP contribution in [0.5, 0.6) is 0 Å². The zero-order valence-corrected chi connectivity index (χ0v) is 12.3. The Morgan fingerprint density at radius 3 is 2.74 bits per heavy atom. The Bertz CT molecular complexity index is 786. The molecular weight excluding hydrogens is 315 g/mol. The number of carbonyl (C=O) groups excluding carboxylic acids is 1. The number of amides is 1. The average Bonchev–Trinajstić information content (AvgIpc) is 2.47. The molecule has 23 heavy (non-hydrogen) atoms. The van der Waals surface area contributed by atoms with Crippen molar-refractivity contribution in [3.8, 4) is 0 Å². The first-order valence-corrected chi connectivity index (χ1v) is 6.76. The van der Waals surface area contributed by atoms with Crippen molar-refractivity contribution in [3.63, 3.8) is 0 Å².